The average molecular weight is 835 g/mol. The van der Waals surface area contributed by atoms with Crippen molar-refractivity contribution in [3.63, 3.8) is 0 Å². The van der Waals surface area contributed by atoms with Crippen LogP contribution in [0.3, 0.4) is 0 Å². The van der Waals surface area contributed by atoms with Gasteiger partial charge in [-0.3, -0.25) is 14.5 Å². The molecule has 3 fully saturated rings. The minimum absolute atomic E-state index is 0.0604. The second kappa shape index (κ2) is 21.3. The van der Waals surface area contributed by atoms with E-state index in [2.05, 4.69) is 5.16 Å². The Hall–Kier alpha value is -1.87. The monoisotopic (exact) mass is 835 g/mol. The second-order valence-corrected chi connectivity index (χ2v) is 17.6. The van der Waals surface area contributed by atoms with Crippen LogP contribution in [-0.2, 0) is 52.3 Å². The highest BCUT2D eigenvalue weighted by molar-refractivity contribution is 5.89. The van der Waals surface area contributed by atoms with E-state index in [1.165, 1.54) is 14.0 Å². The van der Waals surface area contributed by atoms with Crippen LogP contribution >= 0.6 is 0 Å². The molecule has 17 nitrogen and oxygen atoms in total. The number of cyclic esters (lactones) is 1. The fourth-order valence-corrected chi connectivity index (χ4v) is 8.75. The average Bonchev–Trinajstić information content (AvgIpc) is 3.15. The van der Waals surface area contributed by atoms with E-state index in [0.29, 0.717) is 13.0 Å². The zero-order chi connectivity index (χ0) is 43.9. The molecule has 3 aliphatic rings. The molecule has 0 amide bonds. The molecule has 0 saturated carbocycles. The third-order valence-electron chi connectivity index (χ3n) is 12.4. The second-order valence-electron chi connectivity index (χ2n) is 17.6. The van der Waals surface area contributed by atoms with Gasteiger partial charge in [0.25, 0.3) is 0 Å². The molecule has 0 aromatic rings. The molecule has 0 aromatic heterocycles. The number of esters is 1. The van der Waals surface area contributed by atoms with Gasteiger partial charge in [-0.15, -0.1) is 0 Å². The normalized spacial score (nSPS) is 44.6. The number of hydrogen-bond acceptors (Lipinski definition) is 17. The number of aliphatic hydroxyl groups is 4. The van der Waals surface area contributed by atoms with E-state index in [0.717, 1.165) is 0 Å². The molecule has 17 atom stereocenters. The molecule has 58 heavy (non-hydrogen) atoms. The summed E-state index contributed by atoms with van der Waals surface area (Å²) in [7, 11) is 6.63. The van der Waals surface area contributed by atoms with Crippen LogP contribution in [0.25, 0.3) is 0 Å². The summed E-state index contributed by atoms with van der Waals surface area (Å²) >= 11 is 0. The van der Waals surface area contributed by atoms with Gasteiger partial charge in [0.05, 0.1) is 72.6 Å². The lowest BCUT2D eigenvalue weighted by Gasteiger charge is -2.48. The van der Waals surface area contributed by atoms with Gasteiger partial charge in [0.2, 0.25) is 18.9 Å². The topological polar surface area (TPSA) is 214 Å². The summed E-state index contributed by atoms with van der Waals surface area (Å²) in [5.74, 6) is -4.58. The number of ether oxygens (including phenoxy) is 8. The third kappa shape index (κ3) is 11.9. The summed E-state index contributed by atoms with van der Waals surface area (Å²) in [6.45, 7) is 17.1. The van der Waals surface area contributed by atoms with Gasteiger partial charge < -0.3 is 63.2 Å². The minimum Gasteiger partial charge on any atom is -0.459 e. The van der Waals surface area contributed by atoms with Crippen LogP contribution in [0.15, 0.2) is 5.16 Å². The maximum absolute atomic E-state index is 14.3. The molecule has 3 aliphatic heterocycles. The Bertz CT molecular complexity index is 1350. The summed E-state index contributed by atoms with van der Waals surface area (Å²) in [6.07, 6.45) is -8.94. The van der Waals surface area contributed by atoms with Gasteiger partial charge in [0.15, 0.2) is 6.29 Å². The van der Waals surface area contributed by atoms with E-state index in [-0.39, 0.29) is 50.3 Å². The van der Waals surface area contributed by atoms with E-state index in [9.17, 15) is 30.0 Å². The highest BCUT2D eigenvalue weighted by Gasteiger charge is 2.53. The fourth-order valence-electron chi connectivity index (χ4n) is 8.75. The highest BCUT2D eigenvalue weighted by atomic mass is 16.7. The highest BCUT2D eigenvalue weighted by Crippen LogP contribution is 2.40. The van der Waals surface area contributed by atoms with E-state index in [1.54, 1.807) is 81.5 Å². The first kappa shape index (κ1) is 50.5. The van der Waals surface area contributed by atoms with Crippen molar-refractivity contribution in [3.8, 4) is 0 Å². The van der Waals surface area contributed by atoms with Crippen molar-refractivity contribution in [2.24, 2.45) is 28.8 Å². The van der Waals surface area contributed by atoms with Gasteiger partial charge in [-0.25, -0.2) is 0 Å². The molecule has 17 heteroatoms. The standard InChI is InChI=1S/C41H74N2O15/c1-15-29-41(10,49)34(45)24(4)31(42-53-21-52-17-16-50-13)22(2)19-39(8,48)36(58-38-32(44)28(43(11)12)18-23(3)54-38)25(5)33(26(6)37(47)56-29)57-30-20-40(9,51-14)35(46)27(7)55-30/h22-30,33-36,38,45-46,48-49H,15-21H2,1-14H3/b42-31+/t22-,23-,24+,25+,26-,27+,28+,29-,30+,33+,34-,35+,36-,38+,39-,40-,41-/m1/s1. The molecular weight excluding hydrogens is 760 g/mol. The van der Waals surface area contributed by atoms with Crippen LogP contribution in [0.2, 0.25) is 0 Å². The number of likely N-dealkylation sites (N-methyl/N-ethyl adjacent to an activating group) is 1. The number of carbonyl (C=O) groups is 2. The lowest BCUT2D eigenvalue weighted by molar-refractivity contribution is -0.305. The van der Waals surface area contributed by atoms with Crippen molar-refractivity contribution in [2.75, 3.05) is 48.3 Å². The molecule has 0 unspecified atom stereocenters. The third-order valence-corrected chi connectivity index (χ3v) is 12.4. The van der Waals surface area contributed by atoms with Gasteiger partial charge in [-0.1, -0.05) is 32.9 Å². The smallest absolute Gasteiger partial charge is 0.311 e. The van der Waals surface area contributed by atoms with Crippen molar-refractivity contribution < 1.29 is 72.7 Å². The molecule has 338 valence electrons. The van der Waals surface area contributed by atoms with E-state index in [4.69, 9.17) is 42.7 Å². The van der Waals surface area contributed by atoms with Crippen LogP contribution in [0, 0.1) is 23.7 Å². The summed E-state index contributed by atoms with van der Waals surface area (Å²) in [6, 6.07) is -0.522. The number of oxime groups is 1. The maximum Gasteiger partial charge on any atom is 0.311 e. The largest absolute Gasteiger partial charge is 0.459 e. The van der Waals surface area contributed by atoms with Gasteiger partial charge >= 0.3 is 5.97 Å². The van der Waals surface area contributed by atoms with E-state index < -0.39 is 102 Å². The quantitative estimate of drug-likeness (QED) is 0.0908. The Morgan fingerprint density at radius 1 is 0.897 bits per heavy atom. The van der Waals surface area contributed by atoms with Crippen LogP contribution in [0.4, 0.5) is 0 Å². The van der Waals surface area contributed by atoms with Crippen LogP contribution in [0.5, 0.6) is 0 Å². The summed E-state index contributed by atoms with van der Waals surface area (Å²) in [4.78, 5) is 35.6. The molecule has 0 bridgehead atoms. The van der Waals surface area contributed by atoms with Crippen LogP contribution < -0.4 is 0 Å². The Balaban J connectivity index is 2.22. The molecule has 3 saturated heterocycles. The molecule has 4 N–H and O–H groups in total. The number of nitrogens with zero attached hydrogens (tertiary/aromatic N) is 2. The molecule has 3 heterocycles. The van der Waals surface area contributed by atoms with Gasteiger partial charge in [0.1, 0.15) is 17.8 Å². The predicted octanol–water partition coefficient (Wildman–Crippen LogP) is 2.42. The SMILES string of the molecule is CC[C@H]1OC(=O)[C@H](C)[C@@H](O[C@H]2C[C@@](C)(OC)[C@@H](O)[C@H](C)O2)[C@H](C)[C@@H](O[C@@H]2O[C@H](C)C[C@H](N(C)C)C2=O)[C@](C)(O)C[C@@H](C)/C(=N\OCOCCOC)[C@H](C)[C@@H](O)[C@]1(C)O. The Morgan fingerprint density at radius 2 is 1.55 bits per heavy atom. The van der Waals surface area contributed by atoms with E-state index in [1.807, 2.05) is 6.92 Å². The van der Waals surface area contributed by atoms with Crippen molar-refractivity contribution in [1.82, 2.24) is 4.90 Å². The van der Waals surface area contributed by atoms with Gasteiger partial charge in [-0.05, 0) is 74.9 Å². The Kier molecular flexibility index (Phi) is 18.5. The first-order valence-electron chi connectivity index (χ1n) is 20.6. The number of methoxy groups -OCH3 is 2. The fraction of sp³-hybridized carbons (Fsp3) is 0.927. The minimum atomic E-state index is -1.98. The lowest BCUT2D eigenvalue weighted by atomic mass is 9.73. The van der Waals surface area contributed by atoms with Crippen LogP contribution in [0.1, 0.15) is 94.9 Å². The summed E-state index contributed by atoms with van der Waals surface area (Å²) in [5, 5.41) is 51.8. The molecule has 0 radical (unpaired) electrons. The molecular formula is C41H74N2O15. The van der Waals surface area contributed by atoms with Gasteiger partial charge in [0, 0.05) is 38.4 Å². The molecule has 0 aliphatic carbocycles. The van der Waals surface area contributed by atoms with Crippen molar-refractivity contribution in [2.45, 2.75) is 173 Å². The Morgan fingerprint density at radius 3 is 2.14 bits per heavy atom. The molecule has 0 spiro atoms. The Labute approximate surface area is 344 Å². The van der Waals surface area contributed by atoms with E-state index >= 15 is 0 Å². The summed E-state index contributed by atoms with van der Waals surface area (Å²) < 4.78 is 47.9. The predicted molar refractivity (Wildman–Crippen MR) is 211 cm³/mol. The molecule has 0 aromatic carbocycles. The number of aliphatic hydroxyl groups excluding tert-OH is 2. The number of ketones is 1. The van der Waals surface area contributed by atoms with Crippen molar-refractivity contribution in [1.29, 1.82) is 0 Å². The van der Waals surface area contributed by atoms with Crippen LogP contribution in [-0.4, -0.2) is 169 Å². The number of Topliss-reactive ketones (excluding diaryl/α,β-unsaturated/α-hetero) is 1. The first-order chi connectivity index (χ1) is 27.0. The number of hydrogen-bond donors (Lipinski definition) is 4. The molecule has 3 rings (SSSR count). The lowest BCUT2D eigenvalue weighted by Crippen LogP contribution is -2.60. The maximum atomic E-state index is 14.3. The van der Waals surface area contributed by atoms with Crippen molar-refractivity contribution >= 4 is 17.5 Å². The zero-order valence-electron chi connectivity index (χ0n) is 37.2. The number of carbonyl (C=O) groups excluding carboxylic acids is 2. The summed E-state index contributed by atoms with van der Waals surface area (Å²) in [5.41, 5.74) is -4.57. The number of rotatable bonds is 13. The zero-order valence-corrected chi connectivity index (χ0v) is 37.2. The van der Waals surface area contributed by atoms with Gasteiger partial charge in [-0.2, -0.15) is 0 Å². The van der Waals surface area contributed by atoms with Crippen molar-refractivity contribution in [3.05, 3.63) is 0 Å². The first-order valence-corrected chi connectivity index (χ1v) is 20.6.